The second kappa shape index (κ2) is 11.1. The van der Waals surface area contributed by atoms with Crippen LogP contribution in [0, 0.1) is 5.41 Å². The summed E-state index contributed by atoms with van der Waals surface area (Å²) in [6.45, 7) is 8.10. The number of allylic oxidation sites excluding steroid dienone is 5. The summed E-state index contributed by atoms with van der Waals surface area (Å²) < 4.78 is 18.9. The average molecular weight is 505 g/mol. The smallest absolute Gasteiger partial charge is 0.156 e. The maximum Gasteiger partial charge on any atom is 0.156 e. The minimum absolute atomic E-state index is 0.201. The number of aromatic amines is 1. The Bertz CT molecular complexity index is 1270. The molecule has 1 unspecified atom stereocenters. The van der Waals surface area contributed by atoms with Gasteiger partial charge in [0.25, 0.3) is 0 Å². The molecule has 1 atom stereocenters. The first-order valence-electron chi connectivity index (χ1n) is 12.6. The van der Waals surface area contributed by atoms with Gasteiger partial charge in [0.2, 0.25) is 0 Å². The van der Waals surface area contributed by atoms with Gasteiger partial charge in [-0.25, -0.2) is 14.4 Å². The summed E-state index contributed by atoms with van der Waals surface area (Å²) in [7, 11) is 2.16. The number of likely N-dealkylation sites (N-methyl/N-ethyl adjacent to an activating group) is 1. The molecule has 10 heteroatoms. The van der Waals surface area contributed by atoms with E-state index in [1.807, 2.05) is 42.5 Å². The lowest BCUT2D eigenvalue weighted by molar-refractivity contribution is 0.158. The van der Waals surface area contributed by atoms with Gasteiger partial charge in [-0.3, -0.25) is 10.00 Å². The molecule has 0 aromatic carbocycles. The van der Waals surface area contributed by atoms with Crippen molar-refractivity contribution < 1.29 is 8.81 Å². The Morgan fingerprint density at radius 1 is 1.16 bits per heavy atom. The summed E-state index contributed by atoms with van der Waals surface area (Å²) in [5.41, 5.74) is 0.474. The predicted molar refractivity (Wildman–Crippen MR) is 144 cm³/mol. The topological polar surface area (TPSA) is 98.1 Å². The maximum absolute atomic E-state index is 13.5. The van der Waals surface area contributed by atoms with Crippen molar-refractivity contribution in [2.45, 2.75) is 13.3 Å². The monoisotopic (exact) mass is 504 g/mol. The number of H-pyrrole nitrogens is 1. The lowest BCUT2D eigenvalue weighted by Gasteiger charge is -2.32. The summed E-state index contributed by atoms with van der Waals surface area (Å²) in [6, 6.07) is 7.45. The lowest BCUT2D eigenvalue weighted by atomic mass is 9.83. The zero-order chi connectivity index (χ0) is 25.7. The van der Waals surface area contributed by atoms with Gasteiger partial charge < -0.3 is 20.0 Å². The fourth-order valence-electron chi connectivity index (χ4n) is 4.30. The number of halogens is 1. The molecule has 3 N–H and O–H groups in total. The molecule has 5 rings (SSSR count). The van der Waals surface area contributed by atoms with E-state index in [0.717, 1.165) is 50.8 Å². The van der Waals surface area contributed by atoms with Crippen LogP contribution in [0.5, 0.6) is 0 Å². The van der Waals surface area contributed by atoms with Crippen LogP contribution in [0.4, 0.5) is 21.8 Å². The number of nitrogens with one attached hydrogen (secondary N) is 3. The van der Waals surface area contributed by atoms with Crippen LogP contribution in [-0.2, 0) is 0 Å². The van der Waals surface area contributed by atoms with Crippen LogP contribution < -0.4 is 10.6 Å². The number of furan rings is 1. The fraction of sp³-hybridized carbons (Fsp3) is 0.370. The Balaban J connectivity index is 1.31. The Morgan fingerprint density at radius 2 is 2.00 bits per heavy atom. The molecule has 4 heterocycles. The van der Waals surface area contributed by atoms with E-state index < -0.39 is 0 Å². The molecule has 1 aliphatic heterocycles. The molecule has 194 valence electrons. The molecule has 0 amide bonds. The van der Waals surface area contributed by atoms with E-state index in [1.165, 1.54) is 6.08 Å². The van der Waals surface area contributed by atoms with Crippen molar-refractivity contribution in [1.29, 1.82) is 0 Å². The van der Waals surface area contributed by atoms with Crippen LogP contribution in [0.2, 0.25) is 0 Å². The van der Waals surface area contributed by atoms with Crippen molar-refractivity contribution in [2.75, 3.05) is 56.9 Å². The highest BCUT2D eigenvalue weighted by Gasteiger charge is 2.20. The quantitative estimate of drug-likeness (QED) is 0.386. The third kappa shape index (κ3) is 6.72. The molecular formula is C27H33FN8O. The molecule has 0 saturated carbocycles. The average Bonchev–Trinajstić information content (AvgIpc) is 3.59. The molecule has 3 aromatic rings. The van der Waals surface area contributed by atoms with Crippen LogP contribution in [0.3, 0.4) is 0 Å². The van der Waals surface area contributed by atoms with E-state index in [4.69, 9.17) is 9.40 Å². The summed E-state index contributed by atoms with van der Waals surface area (Å²) >= 11 is 0. The molecule has 0 bridgehead atoms. The first-order valence-corrected chi connectivity index (χ1v) is 12.6. The molecule has 1 fully saturated rings. The zero-order valence-electron chi connectivity index (χ0n) is 21.2. The minimum atomic E-state index is -0.294. The first kappa shape index (κ1) is 24.9. The van der Waals surface area contributed by atoms with E-state index in [-0.39, 0.29) is 11.2 Å². The molecule has 1 aliphatic carbocycles. The molecule has 9 nitrogen and oxygen atoms in total. The van der Waals surface area contributed by atoms with E-state index in [2.05, 4.69) is 49.6 Å². The van der Waals surface area contributed by atoms with Gasteiger partial charge in [0.1, 0.15) is 23.2 Å². The Morgan fingerprint density at radius 3 is 2.76 bits per heavy atom. The summed E-state index contributed by atoms with van der Waals surface area (Å²) in [5, 5.41) is 14.0. The van der Waals surface area contributed by atoms with E-state index >= 15 is 0 Å². The van der Waals surface area contributed by atoms with E-state index in [1.54, 1.807) is 12.3 Å². The second-order valence-corrected chi connectivity index (χ2v) is 9.80. The van der Waals surface area contributed by atoms with Gasteiger partial charge in [-0.1, -0.05) is 19.1 Å². The molecule has 0 radical (unpaired) electrons. The van der Waals surface area contributed by atoms with Gasteiger partial charge in [-0.2, -0.15) is 5.10 Å². The minimum Gasteiger partial charge on any atom is -0.463 e. The van der Waals surface area contributed by atoms with Crippen molar-refractivity contribution in [3.05, 3.63) is 66.5 Å². The third-order valence-corrected chi connectivity index (χ3v) is 6.67. The Kier molecular flexibility index (Phi) is 7.47. The molecular weight excluding hydrogens is 471 g/mol. The van der Waals surface area contributed by atoms with Crippen LogP contribution in [0.15, 0.2) is 65.1 Å². The fourth-order valence-corrected chi connectivity index (χ4v) is 4.30. The van der Waals surface area contributed by atoms with Gasteiger partial charge in [-0.15, -0.1) is 0 Å². The SMILES string of the molecule is CN1CCN(CCNc2cc(Nc3cc(-c4ccco4)[nH]n3)nc(/C=C/C3(C)C=CC(F)=CC3)n2)CC1. The number of nitrogens with zero attached hydrogens (tertiary/aromatic N) is 5. The number of anilines is 3. The molecule has 3 aromatic heterocycles. The molecule has 1 saturated heterocycles. The van der Waals surface area contributed by atoms with Crippen LogP contribution in [-0.4, -0.2) is 76.3 Å². The van der Waals surface area contributed by atoms with Gasteiger partial charge in [0.15, 0.2) is 17.4 Å². The van der Waals surface area contributed by atoms with Gasteiger partial charge in [0.05, 0.1) is 6.26 Å². The van der Waals surface area contributed by atoms with Gasteiger partial charge in [0, 0.05) is 56.8 Å². The highest BCUT2D eigenvalue weighted by Crippen LogP contribution is 2.32. The number of rotatable bonds is 9. The third-order valence-electron chi connectivity index (χ3n) is 6.67. The van der Waals surface area contributed by atoms with Crippen molar-refractivity contribution >= 4 is 23.5 Å². The van der Waals surface area contributed by atoms with Crippen LogP contribution >= 0.6 is 0 Å². The number of hydrogen-bond donors (Lipinski definition) is 3. The summed E-state index contributed by atoms with van der Waals surface area (Å²) in [5.74, 6) is 3.02. The second-order valence-electron chi connectivity index (χ2n) is 9.80. The zero-order valence-corrected chi connectivity index (χ0v) is 21.2. The lowest BCUT2D eigenvalue weighted by Crippen LogP contribution is -2.45. The molecule has 37 heavy (non-hydrogen) atoms. The summed E-state index contributed by atoms with van der Waals surface area (Å²) in [4.78, 5) is 14.2. The Labute approximate surface area is 216 Å². The van der Waals surface area contributed by atoms with Crippen molar-refractivity contribution in [1.82, 2.24) is 30.0 Å². The van der Waals surface area contributed by atoms with Gasteiger partial charge in [-0.05, 0) is 43.8 Å². The van der Waals surface area contributed by atoms with Crippen molar-refractivity contribution in [3.63, 3.8) is 0 Å². The highest BCUT2D eigenvalue weighted by atomic mass is 19.1. The van der Waals surface area contributed by atoms with Crippen molar-refractivity contribution in [3.8, 4) is 11.5 Å². The van der Waals surface area contributed by atoms with Crippen molar-refractivity contribution in [2.24, 2.45) is 5.41 Å². The maximum atomic E-state index is 13.5. The number of aromatic nitrogens is 4. The molecule has 2 aliphatic rings. The first-order chi connectivity index (χ1) is 17.9. The van der Waals surface area contributed by atoms with E-state index in [9.17, 15) is 4.39 Å². The molecule has 0 spiro atoms. The van der Waals surface area contributed by atoms with Gasteiger partial charge >= 0.3 is 0 Å². The van der Waals surface area contributed by atoms with Crippen LogP contribution in [0.25, 0.3) is 17.5 Å². The summed E-state index contributed by atoms with van der Waals surface area (Å²) in [6.07, 6.45) is 11.1. The largest absolute Gasteiger partial charge is 0.463 e. The number of hydrogen-bond acceptors (Lipinski definition) is 8. The predicted octanol–water partition coefficient (Wildman–Crippen LogP) is 4.70. The Hall–Kier alpha value is -3.76. The number of piperazine rings is 1. The van der Waals surface area contributed by atoms with E-state index in [0.29, 0.717) is 29.6 Å². The van der Waals surface area contributed by atoms with Crippen LogP contribution in [0.1, 0.15) is 19.2 Å². The normalized spacial score (nSPS) is 20.9. The highest BCUT2D eigenvalue weighted by molar-refractivity contribution is 5.63. The standard InChI is InChI=1S/C27H33FN8O/c1-27(8-5-20(28)6-9-27)10-7-23-30-24(29-11-12-36-15-13-35(2)14-16-36)19-25(31-23)32-26-18-21(33-34-26)22-4-3-17-37-22/h3-8,10,17-19H,9,11-16H2,1-2H3,(H3,29,30,31,32,33,34)/b10-7+.